The molecule has 1 aromatic rings. The van der Waals surface area contributed by atoms with E-state index in [2.05, 4.69) is 32.2 Å². The molecule has 2 saturated carbocycles. The lowest BCUT2D eigenvalue weighted by Crippen LogP contribution is -2.52. The fraction of sp³-hybridized carbons (Fsp3) is 0.632. The Morgan fingerprint density at radius 1 is 1.36 bits per heavy atom. The highest BCUT2D eigenvalue weighted by Gasteiger charge is 2.78. The predicted molar refractivity (Wildman–Crippen MR) is 86.7 cm³/mol. The fourth-order valence-electron chi connectivity index (χ4n) is 5.43. The Labute approximate surface area is 132 Å². The quantitative estimate of drug-likeness (QED) is 0.922. The molecule has 3 heteroatoms. The molecule has 4 unspecified atom stereocenters. The third-order valence-electron chi connectivity index (χ3n) is 7.21. The Balaban J connectivity index is 1.67. The number of para-hydroxylation sites is 1. The Morgan fingerprint density at radius 3 is 2.82 bits per heavy atom. The summed E-state index contributed by atoms with van der Waals surface area (Å²) in [7, 11) is 0. The average Bonchev–Trinajstić information content (AvgIpc) is 2.99. The first-order valence-corrected chi connectivity index (χ1v) is 8.50. The molecule has 1 saturated heterocycles. The van der Waals surface area contributed by atoms with Gasteiger partial charge in [-0.15, -0.1) is 0 Å². The molecule has 4 bridgehead atoms. The van der Waals surface area contributed by atoms with Crippen LogP contribution >= 0.6 is 0 Å². The van der Waals surface area contributed by atoms with Crippen LogP contribution in [0.25, 0.3) is 0 Å². The lowest BCUT2D eigenvalue weighted by molar-refractivity contribution is -0.149. The smallest absolute Gasteiger partial charge is 0.257 e. The molecule has 4 atom stereocenters. The van der Waals surface area contributed by atoms with Crippen LogP contribution in [0.15, 0.2) is 24.3 Å². The van der Waals surface area contributed by atoms with Crippen LogP contribution < -0.4 is 5.32 Å². The van der Waals surface area contributed by atoms with Gasteiger partial charge in [-0.2, -0.15) is 0 Å². The van der Waals surface area contributed by atoms with Crippen molar-refractivity contribution in [3.8, 4) is 0 Å². The molecular formula is C19H25NO2. The lowest BCUT2D eigenvalue weighted by atomic mass is 9.66. The van der Waals surface area contributed by atoms with Gasteiger partial charge in [-0.3, -0.25) is 4.79 Å². The minimum atomic E-state index is -0.620. The number of benzene rings is 1. The second-order valence-corrected chi connectivity index (χ2v) is 7.77. The number of hydrogen-bond donors (Lipinski definition) is 1. The summed E-state index contributed by atoms with van der Waals surface area (Å²) in [4.78, 5) is 13.2. The van der Waals surface area contributed by atoms with Gasteiger partial charge in [0.25, 0.3) is 5.91 Å². The van der Waals surface area contributed by atoms with Gasteiger partial charge in [0.1, 0.15) is 0 Å². The molecule has 118 valence electrons. The molecule has 4 rings (SSSR count). The van der Waals surface area contributed by atoms with Gasteiger partial charge in [0.2, 0.25) is 0 Å². The Kier molecular flexibility index (Phi) is 2.82. The molecule has 0 radical (unpaired) electrons. The van der Waals surface area contributed by atoms with Gasteiger partial charge >= 0.3 is 0 Å². The normalized spacial score (nSPS) is 41.9. The van der Waals surface area contributed by atoms with E-state index >= 15 is 0 Å². The predicted octanol–water partition coefficient (Wildman–Crippen LogP) is 3.78. The number of carbonyl (C=O) groups excluding carboxylic acids is 1. The van der Waals surface area contributed by atoms with Crippen molar-refractivity contribution < 1.29 is 9.53 Å². The average molecular weight is 299 g/mol. The van der Waals surface area contributed by atoms with Crippen molar-refractivity contribution in [3.05, 3.63) is 29.8 Å². The molecule has 3 aliphatic rings. The first-order valence-electron chi connectivity index (χ1n) is 8.50. The summed E-state index contributed by atoms with van der Waals surface area (Å²) in [6, 6.07) is 8.08. The largest absolute Gasteiger partial charge is 0.364 e. The minimum Gasteiger partial charge on any atom is -0.364 e. The Morgan fingerprint density at radius 2 is 2.14 bits per heavy atom. The number of anilines is 1. The molecule has 3 fully saturated rings. The molecule has 2 aliphatic carbocycles. The van der Waals surface area contributed by atoms with Crippen LogP contribution in [0.2, 0.25) is 0 Å². The van der Waals surface area contributed by atoms with Crippen LogP contribution in [0.4, 0.5) is 5.69 Å². The van der Waals surface area contributed by atoms with Crippen LogP contribution in [0, 0.1) is 16.7 Å². The fourth-order valence-corrected chi connectivity index (χ4v) is 5.43. The first-order chi connectivity index (χ1) is 10.5. The Hall–Kier alpha value is -1.35. The van der Waals surface area contributed by atoms with Crippen molar-refractivity contribution in [1.29, 1.82) is 0 Å². The van der Waals surface area contributed by atoms with E-state index in [0.717, 1.165) is 31.6 Å². The third-order valence-corrected chi connectivity index (χ3v) is 7.21. The molecule has 1 aliphatic heterocycles. The van der Waals surface area contributed by atoms with Gasteiger partial charge < -0.3 is 10.1 Å². The minimum absolute atomic E-state index is 0.0179. The summed E-state index contributed by atoms with van der Waals surface area (Å²) in [5.41, 5.74) is 1.66. The summed E-state index contributed by atoms with van der Waals surface area (Å²) in [5, 5.41) is 3.19. The standard InChI is InChI=1S/C19H25NO2/c1-4-13-7-5-6-8-15(13)20-16(21)19-11-14-9-10-18(19,3)17(14,2)12-22-19/h5-8,14H,4,9-12H2,1-3H3,(H,20,21). The highest BCUT2D eigenvalue weighted by molar-refractivity contribution is 5.99. The molecule has 1 heterocycles. The van der Waals surface area contributed by atoms with E-state index < -0.39 is 5.60 Å². The van der Waals surface area contributed by atoms with E-state index in [4.69, 9.17) is 4.74 Å². The third kappa shape index (κ3) is 1.43. The molecule has 22 heavy (non-hydrogen) atoms. The van der Waals surface area contributed by atoms with Gasteiger partial charge in [0.05, 0.1) is 6.61 Å². The van der Waals surface area contributed by atoms with Crippen LogP contribution in [-0.2, 0) is 16.0 Å². The van der Waals surface area contributed by atoms with E-state index in [1.807, 2.05) is 18.2 Å². The summed E-state index contributed by atoms with van der Waals surface area (Å²) < 4.78 is 6.17. The number of carbonyl (C=O) groups is 1. The molecule has 0 aromatic heterocycles. The maximum absolute atomic E-state index is 13.2. The van der Waals surface area contributed by atoms with Gasteiger partial charge in [-0.05, 0) is 43.2 Å². The van der Waals surface area contributed by atoms with E-state index in [9.17, 15) is 4.79 Å². The van der Waals surface area contributed by atoms with Crippen molar-refractivity contribution in [1.82, 2.24) is 0 Å². The maximum atomic E-state index is 13.2. The number of ether oxygens (including phenoxy) is 1. The molecule has 1 amide bonds. The van der Waals surface area contributed by atoms with Crippen LogP contribution in [0.5, 0.6) is 0 Å². The van der Waals surface area contributed by atoms with Crippen LogP contribution in [-0.4, -0.2) is 18.1 Å². The van der Waals surface area contributed by atoms with Crippen molar-refractivity contribution >= 4 is 11.6 Å². The van der Waals surface area contributed by atoms with Crippen LogP contribution in [0.1, 0.15) is 45.6 Å². The Bertz CT molecular complexity index is 642. The summed E-state index contributed by atoms with van der Waals surface area (Å²) >= 11 is 0. The number of amides is 1. The molecule has 1 aromatic carbocycles. The van der Waals surface area contributed by atoms with Crippen LogP contribution in [0.3, 0.4) is 0 Å². The van der Waals surface area contributed by atoms with Gasteiger partial charge in [-0.1, -0.05) is 39.0 Å². The zero-order valence-corrected chi connectivity index (χ0v) is 13.7. The van der Waals surface area contributed by atoms with Gasteiger partial charge in [0.15, 0.2) is 5.60 Å². The molecule has 1 N–H and O–H groups in total. The molecule has 0 spiro atoms. The first kappa shape index (κ1) is 14.3. The number of nitrogens with one attached hydrogen (secondary N) is 1. The SMILES string of the molecule is CCc1ccccc1NC(=O)C12CC3CCC1(C)C3(C)CO2. The topological polar surface area (TPSA) is 38.3 Å². The van der Waals surface area contributed by atoms with E-state index in [-0.39, 0.29) is 16.7 Å². The van der Waals surface area contributed by atoms with Crippen molar-refractivity contribution in [2.75, 3.05) is 11.9 Å². The van der Waals surface area contributed by atoms with Gasteiger partial charge in [0, 0.05) is 16.5 Å². The second kappa shape index (κ2) is 4.35. The monoisotopic (exact) mass is 299 g/mol. The van der Waals surface area contributed by atoms with E-state index in [1.165, 1.54) is 12.0 Å². The van der Waals surface area contributed by atoms with E-state index in [1.54, 1.807) is 0 Å². The number of hydrogen-bond acceptors (Lipinski definition) is 2. The van der Waals surface area contributed by atoms with Crippen molar-refractivity contribution in [3.63, 3.8) is 0 Å². The highest BCUT2D eigenvalue weighted by Crippen LogP contribution is 2.75. The summed E-state index contributed by atoms with van der Waals surface area (Å²) in [6.45, 7) is 7.45. The van der Waals surface area contributed by atoms with Gasteiger partial charge in [-0.25, -0.2) is 0 Å². The molecule has 3 nitrogen and oxygen atoms in total. The number of rotatable bonds is 3. The summed E-state index contributed by atoms with van der Waals surface area (Å²) in [5.74, 6) is 0.709. The summed E-state index contributed by atoms with van der Waals surface area (Å²) in [6.07, 6.45) is 4.16. The zero-order chi connectivity index (χ0) is 15.6. The zero-order valence-electron chi connectivity index (χ0n) is 13.7. The maximum Gasteiger partial charge on any atom is 0.257 e. The molecular weight excluding hydrogens is 274 g/mol. The van der Waals surface area contributed by atoms with Crippen molar-refractivity contribution in [2.45, 2.75) is 52.1 Å². The van der Waals surface area contributed by atoms with E-state index in [0.29, 0.717) is 5.92 Å². The second-order valence-electron chi connectivity index (χ2n) is 7.77. The van der Waals surface area contributed by atoms with Crippen molar-refractivity contribution in [2.24, 2.45) is 16.7 Å². The lowest BCUT2D eigenvalue weighted by Gasteiger charge is -2.40. The number of aryl methyl sites for hydroxylation is 1. The highest BCUT2D eigenvalue weighted by atomic mass is 16.5.